The smallest absolute Gasteiger partial charge is 0.303 e. The van der Waals surface area contributed by atoms with Crippen molar-refractivity contribution in [3.63, 3.8) is 0 Å². The summed E-state index contributed by atoms with van der Waals surface area (Å²) < 4.78 is 1.87. The number of carboxylic acid groups (broad SMARTS) is 1. The van der Waals surface area contributed by atoms with E-state index in [0.717, 1.165) is 18.7 Å². The second-order valence-electron chi connectivity index (χ2n) is 8.06. The molecule has 1 amide bonds. The Kier molecular flexibility index (Phi) is 7.66. The number of hydrogen-bond acceptors (Lipinski definition) is 3. The largest absolute Gasteiger partial charge is 0.481 e. The molecule has 6 heteroatoms. The lowest BCUT2D eigenvalue weighted by Gasteiger charge is -2.27. The maximum Gasteiger partial charge on any atom is 0.303 e. The van der Waals surface area contributed by atoms with Gasteiger partial charge in [-0.15, -0.1) is 0 Å². The zero-order chi connectivity index (χ0) is 19.1. The van der Waals surface area contributed by atoms with Crippen molar-refractivity contribution in [3.05, 3.63) is 17.5 Å². The van der Waals surface area contributed by atoms with Gasteiger partial charge in [0.15, 0.2) is 0 Å². The van der Waals surface area contributed by atoms with E-state index in [1.165, 1.54) is 32.1 Å². The molecule has 1 aliphatic rings. The van der Waals surface area contributed by atoms with E-state index in [1.54, 1.807) is 6.20 Å². The van der Waals surface area contributed by atoms with Crippen molar-refractivity contribution < 1.29 is 14.7 Å². The number of nitrogens with zero attached hydrogens (tertiary/aromatic N) is 2. The second-order valence-corrected chi connectivity index (χ2v) is 8.06. The molecule has 1 unspecified atom stereocenters. The molecule has 0 aliphatic heterocycles. The van der Waals surface area contributed by atoms with Crippen LogP contribution in [0.1, 0.15) is 81.3 Å². The predicted molar refractivity (Wildman–Crippen MR) is 101 cm³/mol. The normalized spacial score (nSPS) is 16.6. The van der Waals surface area contributed by atoms with Crippen molar-refractivity contribution in [3.8, 4) is 0 Å². The summed E-state index contributed by atoms with van der Waals surface area (Å²) in [7, 11) is 0. The van der Waals surface area contributed by atoms with Crippen LogP contribution in [0.2, 0.25) is 0 Å². The summed E-state index contributed by atoms with van der Waals surface area (Å²) in [6.45, 7) is 6.93. The highest BCUT2D eigenvalue weighted by Crippen LogP contribution is 2.28. The van der Waals surface area contributed by atoms with Crippen LogP contribution in [-0.4, -0.2) is 32.8 Å². The SMILES string of the molecule is Cc1c(C(=O)NC(CCC(=O)O)CC2CCCCC2)cnn1CC(C)C. The molecule has 2 N–H and O–H groups in total. The molecular weight excluding hydrogens is 330 g/mol. The first-order valence-electron chi connectivity index (χ1n) is 9.91. The third-order valence-corrected chi connectivity index (χ3v) is 5.27. The molecule has 26 heavy (non-hydrogen) atoms. The zero-order valence-corrected chi connectivity index (χ0v) is 16.3. The summed E-state index contributed by atoms with van der Waals surface area (Å²) in [6, 6.07) is -0.0884. The van der Waals surface area contributed by atoms with Crippen LogP contribution in [0.15, 0.2) is 6.20 Å². The van der Waals surface area contributed by atoms with Crippen molar-refractivity contribution in [2.75, 3.05) is 0 Å². The summed E-state index contributed by atoms with van der Waals surface area (Å²) in [5, 5.41) is 16.4. The highest BCUT2D eigenvalue weighted by molar-refractivity contribution is 5.95. The fourth-order valence-electron chi connectivity index (χ4n) is 3.83. The molecule has 1 aliphatic carbocycles. The van der Waals surface area contributed by atoms with Crippen molar-refractivity contribution in [2.24, 2.45) is 11.8 Å². The predicted octanol–water partition coefficient (Wildman–Crippen LogP) is 3.78. The molecule has 1 saturated carbocycles. The number of aromatic nitrogens is 2. The van der Waals surface area contributed by atoms with Gasteiger partial charge >= 0.3 is 5.97 Å². The van der Waals surface area contributed by atoms with Crippen LogP contribution in [0, 0.1) is 18.8 Å². The lowest BCUT2D eigenvalue weighted by atomic mass is 9.84. The van der Waals surface area contributed by atoms with E-state index in [9.17, 15) is 9.59 Å². The van der Waals surface area contributed by atoms with Gasteiger partial charge < -0.3 is 10.4 Å². The fraction of sp³-hybridized carbons (Fsp3) is 0.750. The topological polar surface area (TPSA) is 84.2 Å². The van der Waals surface area contributed by atoms with Crippen LogP contribution in [0.25, 0.3) is 0 Å². The minimum absolute atomic E-state index is 0.0866. The first-order valence-corrected chi connectivity index (χ1v) is 9.91. The third kappa shape index (κ3) is 6.15. The van der Waals surface area contributed by atoms with Gasteiger partial charge in [0.1, 0.15) is 0 Å². The van der Waals surface area contributed by atoms with Gasteiger partial charge in [-0.2, -0.15) is 5.10 Å². The summed E-state index contributed by atoms with van der Waals surface area (Å²) in [5.41, 5.74) is 1.46. The first kappa shape index (κ1) is 20.5. The van der Waals surface area contributed by atoms with E-state index >= 15 is 0 Å². The molecule has 0 radical (unpaired) electrons. The summed E-state index contributed by atoms with van der Waals surface area (Å²) in [6.07, 6.45) is 9.21. The number of aliphatic carboxylic acids is 1. The lowest BCUT2D eigenvalue weighted by Crippen LogP contribution is -2.37. The minimum atomic E-state index is -0.811. The number of carboxylic acids is 1. The van der Waals surface area contributed by atoms with Gasteiger partial charge in [-0.25, -0.2) is 0 Å². The summed E-state index contributed by atoms with van der Waals surface area (Å²) >= 11 is 0. The van der Waals surface area contributed by atoms with Crippen molar-refractivity contribution in [1.29, 1.82) is 0 Å². The van der Waals surface area contributed by atoms with Crippen LogP contribution in [0.3, 0.4) is 0 Å². The van der Waals surface area contributed by atoms with Gasteiger partial charge in [-0.05, 0) is 31.6 Å². The average molecular weight is 364 g/mol. The molecule has 0 saturated heterocycles. The molecule has 0 spiro atoms. The maximum absolute atomic E-state index is 12.7. The van der Waals surface area contributed by atoms with Gasteiger partial charge in [0.2, 0.25) is 0 Å². The molecule has 1 atom stereocenters. The van der Waals surface area contributed by atoms with Crippen molar-refractivity contribution in [2.45, 2.75) is 84.7 Å². The number of hydrogen-bond donors (Lipinski definition) is 2. The van der Waals surface area contributed by atoms with Crippen LogP contribution >= 0.6 is 0 Å². The molecular formula is C20H33N3O3. The molecule has 146 valence electrons. The Balaban J connectivity index is 2.02. The first-order chi connectivity index (χ1) is 12.4. The summed E-state index contributed by atoms with van der Waals surface area (Å²) in [5.74, 6) is 0.101. The molecule has 1 heterocycles. The number of carbonyl (C=O) groups is 2. The molecule has 1 aromatic heterocycles. The number of nitrogens with one attached hydrogen (secondary N) is 1. The van der Waals surface area contributed by atoms with E-state index in [1.807, 2.05) is 11.6 Å². The zero-order valence-electron chi connectivity index (χ0n) is 16.3. The fourth-order valence-corrected chi connectivity index (χ4v) is 3.83. The third-order valence-electron chi connectivity index (χ3n) is 5.27. The monoisotopic (exact) mass is 363 g/mol. The van der Waals surface area contributed by atoms with Crippen LogP contribution in [0.5, 0.6) is 0 Å². The maximum atomic E-state index is 12.7. The van der Waals surface area contributed by atoms with Gasteiger partial charge in [0, 0.05) is 24.7 Å². The van der Waals surface area contributed by atoms with E-state index in [0.29, 0.717) is 23.8 Å². The van der Waals surface area contributed by atoms with Crippen LogP contribution in [0.4, 0.5) is 0 Å². The highest BCUT2D eigenvalue weighted by atomic mass is 16.4. The quantitative estimate of drug-likeness (QED) is 0.699. The van der Waals surface area contributed by atoms with Gasteiger partial charge in [-0.1, -0.05) is 46.0 Å². The Labute approximate surface area is 156 Å². The van der Waals surface area contributed by atoms with E-state index < -0.39 is 5.97 Å². The van der Waals surface area contributed by atoms with E-state index in [2.05, 4.69) is 24.3 Å². The Morgan fingerprint density at radius 2 is 2.00 bits per heavy atom. The summed E-state index contributed by atoms with van der Waals surface area (Å²) in [4.78, 5) is 23.7. The number of rotatable bonds is 9. The average Bonchev–Trinajstić information content (AvgIpc) is 2.93. The Morgan fingerprint density at radius 1 is 1.31 bits per heavy atom. The molecule has 0 bridgehead atoms. The Hall–Kier alpha value is -1.85. The van der Waals surface area contributed by atoms with Gasteiger partial charge in [0.05, 0.1) is 11.8 Å². The van der Waals surface area contributed by atoms with E-state index in [4.69, 9.17) is 5.11 Å². The molecule has 1 aromatic rings. The Bertz CT molecular complexity index is 603. The van der Waals surface area contributed by atoms with Gasteiger partial charge in [-0.3, -0.25) is 14.3 Å². The number of carbonyl (C=O) groups excluding carboxylic acids is 1. The van der Waals surface area contributed by atoms with E-state index in [-0.39, 0.29) is 18.4 Å². The minimum Gasteiger partial charge on any atom is -0.481 e. The Morgan fingerprint density at radius 3 is 2.62 bits per heavy atom. The molecule has 1 fully saturated rings. The highest BCUT2D eigenvalue weighted by Gasteiger charge is 2.23. The second kappa shape index (κ2) is 9.74. The lowest BCUT2D eigenvalue weighted by molar-refractivity contribution is -0.137. The van der Waals surface area contributed by atoms with Crippen molar-refractivity contribution in [1.82, 2.24) is 15.1 Å². The number of amides is 1. The van der Waals surface area contributed by atoms with Gasteiger partial charge in [0.25, 0.3) is 5.91 Å². The van der Waals surface area contributed by atoms with Crippen LogP contribution in [-0.2, 0) is 11.3 Å². The molecule has 6 nitrogen and oxygen atoms in total. The van der Waals surface area contributed by atoms with Crippen molar-refractivity contribution >= 4 is 11.9 Å². The molecule has 0 aromatic carbocycles. The molecule has 2 rings (SSSR count). The standard InChI is InChI=1S/C20H33N3O3/c1-14(2)13-23-15(3)18(12-21-23)20(26)22-17(9-10-19(24)25)11-16-7-5-4-6-8-16/h12,14,16-17H,4-11,13H2,1-3H3,(H,22,26)(H,24,25). The van der Waals surface area contributed by atoms with Crippen LogP contribution < -0.4 is 5.32 Å².